The number of amides is 1. The molecule has 0 spiro atoms. The van der Waals surface area contributed by atoms with Crippen molar-refractivity contribution in [3.63, 3.8) is 0 Å². The number of carbonyl (C=O) groups is 1. The van der Waals surface area contributed by atoms with Gasteiger partial charge in [-0.1, -0.05) is 30.3 Å². The fourth-order valence-corrected chi connectivity index (χ4v) is 1.92. The highest BCUT2D eigenvalue weighted by molar-refractivity contribution is 6.33. The van der Waals surface area contributed by atoms with Gasteiger partial charge >= 0.3 is 0 Å². The number of hydrogen-bond donors (Lipinski definition) is 3. The van der Waals surface area contributed by atoms with E-state index in [2.05, 4.69) is 17.2 Å². The Morgan fingerprint density at radius 1 is 1.44 bits per heavy atom. The van der Waals surface area contributed by atoms with Crippen LogP contribution in [0.15, 0.2) is 47.9 Å². The molecule has 0 aliphatic carbocycles. The van der Waals surface area contributed by atoms with Crippen molar-refractivity contribution >= 4 is 23.2 Å². The number of hydrogen-bond acceptors (Lipinski definition) is 3. The van der Waals surface area contributed by atoms with E-state index >= 15 is 0 Å². The quantitative estimate of drug-likeness (QED) is 0.786. The van der Waals surface area contributed by atoms with Crippen molar-refractivity contribution in [3.05, 3.63) is 52.9 Å². The zero-order valence-electron chi connectivity index (χ0n) is 9.66. The summed E-state index contributed by atoms with van der Waals surface area (Å²) < 4.78 is 0. The third-order valence-electron chi connectivity index (χ3n) is 2.62. The molecule has 1 amide bonds. The molecule has 0 radical (unpaired) electrons. The van der Waals surface area contributed by atoms with Gasteiger partial charge in [0.25, 0.3) is 5.91 Å². The molecule has 2 rings (SSSR count). The first-order chi connectivity index (χ1) is 8.59. The number of aliphatic hydroxyl groups excluding tert-OH is 1. The Hall–Kier alpha value is -1.94. The van der Waals surface area contributed by atoms with Crippen molar-refractivity contribution in [1.82, 2.24) is 5.32 Å². The lowest BCUT2D eigenvalue weighted by Crippen LogP contribution is -2.33. The molecule has 1 aromatic carbocycles. The summed E-state index contributed by atoms with van der Waals surface area (Å²) in [7, 11) is 0. The van der Waals surface area contributed by atoms with E-state index in [9.17, 15) is 9.90 Å². The van der Waals surface area contributed by atoms with Crippen molar-refractivity contribution in [2.24, 2.45) is 0 Å². The highest BCUT2D eigenvalue weighted by Crippen LogP contribution is 2.25. The number of anilines is 1. The van der Waals surface area contributed by atoms with Crippen LogP contribution in [-0.2, 0) is 4.79 Å². The number of benzene rings is 1. The minimum absolute atomic E-state index is 0.0447. The highest BCUT2D eigenvalue weighted by Gasteiger charge is 2.22. The van der Waals surface area contributed by atoms with Crippen LogP contribution in [0.1, 0.15) is 6.42 Å². The van der Waals surface area contributed by atoms with Gasteiger partial charge in [-0.25, -0.2) is 0 Å². The molecule has 0 atom stereocenters. The van der Waals surface area contributed by atoms with E-state index in [0.29, 0.717) is 29.4 Å². The zero-order chi connectivity index (χ0) is 13.1. The lowest BCUT2D eigenvalue weighted by Gasteiger charge is -2.19. The monoisotopic (exact) mass is 264 g/mol. The second kappa shape index (κ2) is 5.14. The predicted molar refractivity (Wildman–Crippen MR) is 71.5 cm³/mol. The molecule has 0 saturated heterocycles. The number of para-hydroxylation sites is 1. The van der Waals surface area contributed by atoms with Crippen LogP contribution in [0.25, 0.3) is 0 Å². The van der Waals surface area contributed by atoms with Gasteiger partial charge in [0.15, 0.2) is 0 Å². The average molecular weight is 265 g/mol. The Morgan fingerprint density at radius 3 is 2.83 bits per heavy atom. The maximum Gasteiger partial charge on any atom is 0.256 e. The van der Waals surface area contributed by atoms with Crippen molar-refractivity contribution in [3.8, 4) is 0 Å². The second-order valence-electron chi connectivity index (χ2n) is 3.91. The Labute approximate surface area is 110 Å². The molecule has 3 N–H and O–H groups in total. The molecular formula is C13H13ClN2O2. The first-order valence-electron chi connectivity index (χ1n) is 5.50. The molecule has 1 aliphatic heterocycles. The van der Waals surface area contributed by atoms with Crippen molar-refractivity contribution in [1.29, 1.82) is 0 Å². The Bertz CT molecular complexity index is 538. The molecule has 1 heterocycles. The Kier molecular flexibility index (Phi) is 3.58. The summed E-state index contributed by atoms with van der Waals surface area (Å²) in [6.07, 6.45) is 0.407. The van der Waals surface area contributed by atoms with E-state index in [1.165, 1.54) is 0 Å². The third kappa shape index (κ3) is 2.49. The van der Waals surface area contributed by atoms with Crippen LogP contribution in [0.5, 0.6) is 0 Å². The largest absolute Gasteiger partial charge is 0.511 e. The number of nitrogens with one attached hydrogen (secondary N) is 2. The SMILES string of the molecule is C=C(Nc1ccccc1Cl)C1=C(O)CCNC1=O. The predicted octanol–water partition coefficient (Wildman–Crippen LogP) is 2.60. The van der Waals surface area contributed by atoms with Gasteiger partial charge in [0.2, 0.25) is 0 Å². The first-order valence-corrected chi connectivity index (χ1v) is 5.88. The fourth-order valence-electron chi connectivity index (χ4n) is 1.74. The highest BCUT2D eigenvalue weighted by atomic mass is 35.5. The fraction of sp³-hybridized carbons (Fsp3) is 0.154. The molecule has 18 heavy (non-hydrogen) atoms. The molecule has 5 heteroatoms. The second-order valence-corrected chi connectivity index (χ2v) is 4.32. The van der Waals surface area contributed by atoms with E-state index in [1.807, 2.05) is 6.07 Å². The molecular weight excluding hydrogens is 252 g/mol. The van der Waals surface area contributed by atoms with Crippen molar-refractivity contribution < 1.29 is 9.90 Å². The summed E-state index contributed by atoms with van der Waals surface area (Å²) in [5.74, 6) is -0.286. The smallest absolute Gasteiger partial charge is 0.256 e. The van der Waals surface area contributed by atoms with E-state index in [-0.39, 0.29) is 17.2 Å². The average Bonchev–Trinajstić information content (AvgIpc) is 2.32. The van der Waals surface area contributed by atoms with Crippen LogP contribution >= 0.6 is 11.6 Å². The molecule has 1 aliphatic rings. The summed E-state index contributed by atoms with van der Waals surface area (Å²) >= 11 is 6.00. The number of aliphatic hydroxyl groups is 1. The van der Waals surface area contributed by atoms with Gasteiger partial charge in [-0.3, -0.25) is 4.79 Å². The maximum absolute atomic E-state index is 11.7. The van der Waals surface area contributed by atoms with E-state index in [1.54, 1.807) is 18.2 Å². The van der Waals surface area contributed by atoms with Gasteiger partial charge in [-0.05, 0) is 12.1 Å². The standard InChI is InChI=1S/C13H13ClN2O2/c1-8(12-11(17)6-7-15-13(12)18)16-10-5-3-2-4-9(10)14/h2-5,16-17H,1,6-7H2,(H,15,18). The maximum atomic E-state index is 11.7. The summed E-state index contributed by atoms with van der Waals surface area (Å²) in [6.45, 7) is 4.21. The molecule has 0 aromatic heterocycles. The third-order valence-corrected chi connectivity index (χ3v) is 2.95. The van der Waals surface area contributed by atoms with Gasteiger partial charge in [-0.15, -0.1) is 0 Å². The van der Waals surface area contributed by atoms with Crippen LogP contribution in [0.2, 0.25) is 5.02 Å². The summed E-state index contributed by atoms with van der Waals surface area (Å²) in [4.78, 5) is 11.7. The normalized spacial score (nSPS) is 15.3. The Morgan fingerprint density at radius 2 is 2.17 bits per heavy atom. The molecule has 0 saturated carbocycles. The summed E-state index contributed by atoms with van der Waals surface area (Å²) in [5, 5.41) is 15.9. The lowest BCUT2D eigenvalue weighted by molar-refractivity contribution is -0.117. The number of halogens is 1. The van der Waals surface area contributed by atoms with Gasteiger partial charge < -0.3 is 15.7 Å². The van der Waals surface area contributed by atoms with Crippen LogP contribution in [0, 0.1) is 0 Å². The molecule has 94 valence electrons. The molecule has 0 bridgehead atoms. The topological polar surface area (TPSA) is 61.4 Å². The van der Waals surface area contributed by atoms with Crippen LogP contribution in [0.3, 0.4) is 0 Å². The van der Waals surface area contributed by atoms with Crippen molar-refractivity contribution in [2.75, 3.05) is 11.9 Å². The summed E-state index contributed by atoms with van der Waals surface area (Å²) in [5.41, 5.74) is 1.15. The first kappa shape index (κ1) is 12.5. The molecule has 1 aromatic rings. The van der Waals surface area contributed by atoms with Crippen LogP contribution < -0.4 is 10.6 Å². The van der Waals surface area contributed by atoms with Gasteiger partial charge in [0.05, 0.1) is 16.3 Å². The minimum Gasteiger partial charge on any atom is -0.511 e. The zero-order valence-corrected chi connectivity index (χ0v) is 10.4. The van der Waals surface area contributed by atoms with E-state index < -0.39 is 0 Å². The van der Waals surface area contributed by atoms with Crippen molar-refractivity contribution in [2.45, 2.75) is 6.42 Å². The Balaban J connectivity index is 2.23. The van der Waals surface area contributed by atoms with Crippen LogP contribution in [0.4, 0.5) is 5.69 Å². The van der Waals surface area contributed by atoms with E-state index in [4.69, 9.17) is 11.6 Å². The van der Waals surface area contributed by atoms with Gasteiger partial charge in [-0.2, -0.15) is 0 Å². The van der Waals surface area contributed by atoms with Gasteiger partial charge in [0.1, 0.15) is 5.76 Å². The van der Waals surface area contributed by atoms with E-state index in [0.717, 1.165) is 0 Å². The molecule has 0 fully saturated rings. The molecule has 0 unspecified atom stereocenters. The lowest BCUT2D eigenvalue weighted by atomic mass is 10.1. The molecule has 4 nitrogen and oxygen atoms in total. The number of carbonyl (C=O) groups excluding carboxylic acids is 1. The minimum atomic E-state index is -0.330. The summed E-state index contributed by atoms with van der Waals surface area (Å²) in [6, 6.07) is 7.12. The van der Waals surface area contributed by atoms with Crippen LogP contribution in [-0.4, -0.2) is 17.6 Å². The number of rotatable bonds is 3. The van der Waals surface area contributed by atoms with Gasteiger partial charge in [0, 0.05) is 18.7 Å².